The molecule has 0 amide bonds. The monoisotopic (exact) mass is 259 g/mol. The lowest BCUT2D eigenvalue weighted by atomic mass is 10.0. The minimum Gasteiger partial charge on any atom is -0.379 e. The van der Waals surface area contributed by atoms with Gasteiger partial charge < -0.3 is 5.11 Å². The third-order valence-corrected chi connectivity index (χ3v) is 3.03. The van der Waals surface area contributed by atoms with Crippen LogP contribution in [0.2, 0.25) is 0 Å². The van der Waals surface area contributed by atoms with Gasteiger partial charge in [0.05, 0.1) is 0 Å². The summed E-state index contributed by atoms with van der Waals surface area (Å²) in [4.78, 5) is 3.95. The lowest BCUT2D eigenvalue weighted by Crippen LogP contribution is -2.20. The first-order valence-electron chi connectivity index (χ1n) is 4.73. The van der Waals surface area contributed by atoms with E-state index in [1.807, 2.05) is 0 Å². The molecule has 1 heterocycles. The van der Waals surface area contributed by atoms with Gasteiger partial charge in [0.1, 0.15) is 5.01 Å². The van der Waals surface area contributed by atoms with Crippen LogP contribution >= 0.6 is 11.3 Å². The summed E-state index contributed by atoms with van der Waals surface area (Å²) in [5, 5.41) is 11.4. The first-order chi connectivity index (χ1) is 8.00. The maximum atomic E-state index is 12.5. The maximum absolute atomic E-state index is 12.5. The van der Waals surface area contributed by atoms with Crippen LogP contribution in [0.25, 0.3) is 10.6 Å². The second-order valence-electron chi connectivity index (χ2n) is 3.37. The summed E-state index contributed by atoms with van der Waals surface area (Å²) in [5.74, 6) is 0. The molecule has 90 valence electrons. The summed E-state index contributed by atoms with van der Waals surface area (Å²) < 4.78 is 37.5. The largest absolute Gasteiger partial charge is 0.418 e. The fourth-order valence-corrected chi connectivity index (χ4v) is 2.15. The number of alkyl halides is 3. The van der Waals surface area contributed by atoms with Crippen LogP contribution in [0.15, 0.2) is 35.8 Å². The highest BCUT2D eigenvalue weighted by atomic mass is 32.1. The Kier molecular flexibility index (Phi) is 3.17. The van der Waals surface area contributed by atoms with E-state index in [2.05, 4.69) is 4.98 Å². The third kappa shape index (κ3) is 2.48. The van der Waals surface area contributed by atoms with Gasteiger partial charge in [-0.3, -0.25) is 0 Å². The molecule has 1 unspecified atom stereocenters. The molecule has 2 rings (SSSR count). The Hall–Kier alpha value is -1.40. The lowest BCUT2D eigenvalue weighted by Gasteiger charge is -2.17. The Balaban J connectivity index is 2.49. The van der Waals surface area contributed by atoms with Crippen molar-refractivity contribution in [3.63, 3.8) is 0 Å². The molecule has 1 aromatic heterocycles. The Bertz CT molecular complexity index is 496. The minimum absolute atomic E-state index is 0.171. The molecule has 0 spiro atoms. The van der Waals surface area contributed by atoms with Crippen molar-refractivity contribution in [1.29, 1.82) is 0 Å². The van der Waals surface area contributed by atoms with Gasteiger partial charge in [0.2, 0.25) is 0 Å². The van der Waals surface area contributed by atoms with E-state index in [1.54, 1.807) is 11.4 Å². The number of benzene rings is 1. The van der Waals surface area contributed by atoms with E-state index in [9.17, 15) is 18.3 Å². The van der Waals surface area contributed by atoms with Gasteiger partial charge in [-0.2, -0.15) is 13.2 Å². The molecule has 1 aromatic carbocycles. The highest BCUT2D eigenvalue weighted by Crippen LogP contribution is 2.37. The highest BCUT2D eigenvalue weighted by Gasteiger charge is 2.40. The molecule has 0 fully saturated rings. The Labute approximate surface area is 99.4 Å². The fourth-order valence-electron chi connectivity index (χ4n) is 1.46. The summed E-state index contributed by atoms with van der Waals surface area (Å²) in [5.41, 5.74) is 0.141. The molecular weight excluding hydrogens is 251 g/mol. The standard InChI is InChI=1S/C11H8F3NOS/c12-11(13,14)9(16)7-3-1-2-4-8(7)10-15-5-6-17-10/h1-6,9,16H. The summed E-state index contributed by atoms with van der Waals surface area (Å²) in [7, 11) is 0. The van der Waals surface area contributed by atoms with Gasteiger partial charge >= 0.3 is 6.18 Å². The minimum atomic E-state index is -4.67. The zero-order chi connectivity index (χ0) is 12.5. The molecule has 17 heavy (non-hydrogen) atoms. The molecule has 6 heteroatoms. The second kappa shape index (κ2) is 4.46. The number of hydrogen-bond donors (Lipinski definition) is 1. The number of nitrogens with zero attached hydrogens (tertiary/aromatic N) is 1. The smallest absolute Gasteiger partial charge is 0.379 e. The number of aromatic nitrogens is 1. The molecule has 1 N–H and O–H groups in total. The first-order valence-corrected chi connectivity index (χ1v) is 5.61. The molecule has 0 saturated heterocycles. The highest BCUT2D eigenvalue weighted by molar-refractivity contribution is 7.13. The van der Waals surface area contributed by atoms with Crippen LogP contribution in [-0.4, -0.2) is 16.3 Å². The summed E-state index contributed by atoms with van der Waals surface area (Å²) in [6, 6.07) is 5.85. The molecular formula is C11H8F3NOS. The molecule has 0 aliphatic heterocycles. The Morgan fingerprint density at radius 1 is 1.24 bits per heavy atom. The summed E-state index contributed by atoms with van der Waals surface area (Å²) >= 11 is 1.23. The van der Waals surface area contributed by atoms with Gasteiger partial charge in [-0.05, 0) is 5.56 Å². The molecule has 0 aliphatic rings. The lowest BCUT2D eigenvalue weighted by molar-refractivity contribution is -0.206. The predicted octanol–water partition coefficient (Wildman–Crippen LogP) is 3.41. The van der Waals surface area contributed by atoms with E-state index in [-0.39, 0.29) is 5.56 Å². The van der Waals surface area contributed by atoms with Crippen LogP contribution in [0.5, 0.6) is 0 Å². The molecule has 2 nitrogen and oxygen atoms in total. The van der Waals surface area contributed by atoms with Gasteiger partial charge in [-0.15, -0.1) is 11.3 Å². The number of thiazole rings is 1. The third-order valence-electron chi connectivity index (χ3n) is 2.23. The molecule has 1 atom stereocenters. The quantitative estimate of drug-likeness (QED) is 0.896. The number of rotatable bonds is 2. The Morgan fingerprint density at radius 3 is 2.53 bits per heavy atom. The molecule has 0 aliphatic carbocycles. The zero-order valence-electron chi connectivity index (χ0n) is 8.48. The SMILES string of the molecule is OC(c1ccccc1-c1nccs1)C(F)(F)F. The van der Waals surface area contributed by atoms with Crippen molar-refractivity contribution in [2.45, 2.75) is 12.3 Å². The zero-order valence-corrected chi connectivity index (χ0v) is 9.29. The van der Waals surface area contributed by atoms with Crippen molar-refractivity contribution < 1.29 is 18.3 Å². The predicted molar refractivity (Wildman–Crippen MR) is 58.6 cm³/mol. The van der Waals surface area contributed by atoms with Crippen LogP contribution in [-0.2, 0) is 0 Å². The van der Waals surface area contributed by atoms with Crippen LogP contribution in [0, 0.1) is 0 Å². The van der Waals surface area contributed by atoms with Crippen molar-refractivity contribution in [3.05, 3.63) is 41.4 Å². The van der Waals surface area contributed by atoms with Crippen LogP contribution in [0.4, 0.5) is 13.2 Å². The van der Waals surface area contributed by atoms with E-state index in [4.69, 9.17) is 0 Å². The van der Waals surface area contributed by atoms with Crippen molar-refractivity contribution in [2.24, 2.45) is 0 Å². The number of aliphatic hydroxyl groups excluding tert-OH is 1. The van der Waals surface area contributed by atoms with Crippen molar-refractivity contribution in [1.82, 2.24) is 4.98 Å². The van der Waals surface area contributed by atoms with E-state index >= 15 is 0 Å². The molecule has 2 aromatic rings. The normalized spacial score (nSPS) is 13.6. The summed E-state index contributed by atoms with van der Waals surface area (Å²) in [6.07, 6.45) is -5.65. The van der Waals surface area contributed by atoms with Crippen molar-refractivity contribution in [3.8, 4) is 10.6 Å². The maximum Gasteiger partial charge on any atom is 0.418 e. The van der Waals surface area contributed by atoms with Crippen LogP contribution in [0.1, 0.15) is 11.7 Å². The average molecular weight is 259 g/mol. The number of halogens is 3. The van der Waals surface area contributed by atoms with E-state index in [0.29, 0.717) is 10.6 Å². The molecule has 0 radical (unpaired) electrons. The number of aliphatic hydroxyl groups is 1. The molecule has 0 saturated carbocycles. The van der Waals surface area contributed by atoms with Crippen molar-refractivity contribution >= 4 is 11.3 Å². The van der Waals surface area contributed by atoms with E-state index in [0.717, 1.165) is 0 Å². The van der Waals surface area contributed by atoms with Gasteiger partial charge in [-0.25, -0.2) is 4.98 Å². The Morgan fingerprint density at radius 2 is 1.94 bits per heavy atom. The average Bonchev–Trinajstić information content (AvgIpc) is 2.80. The van der Waals surface area contributed by atoms with E-state index in [1.165, 1.54) is 35.7 Å². The van der Waals surface area contributed by atoms with Gasteiger partial charge in [0, 0.05) is 17.1 Å². The topological polar surface area (TPSA) is 33.1 Å². The first kappa shape index (κ1) is 12.1. The van der Waals surface area contributed by atoms with Gasteiger partial charge in [0.25, 0.3) is 0 Å². The van der Waals surface area contributed by atoms with Crippen molar-refractivity contribution in [2.75, 3.05) is 0 Å². The van der Waals surface area contributed by atoms with Gasteiger partial charge in [0.15, 0.2) is 6.10 Å². The fraction of sp³-hybridized carbons (Fsp3) is 0.182. The second-order valence-corrected chi connectivity index (χ2v) is 4.26. The van der Waals surface area contributed by atoms with Crippen LogP contribution in [0.3, 0.4) is 0 Å². The number of hydrogen-bond acceptors (Lipinski definition) is 3. The van der Waals surface area contributed by atoms with Crippen LogP contribution < -0.4 is 0 Å². The van der Waals surface area contributed by atoms with E-state index < -0.39 is 12.3 Å². The van der Waals surface area contributed by atoms with Gasteiger partial charge in [-0.1, -0.05) is 24.3 Å². The molecule has 0 bridgehead atoms. The summed E-state index contributed by atoms with van der Waals surface area (Å²) in [6.45, 7) is 0.